The highest BCUT2D eigenvalue weighted by Gasteiger charge is 2.32. The number of aldehydes is 1. The summed E-state index contributed by atoms with van der Waals surface area (Å²) < 4.78 is 37.4. The van der Waals surface area contributed by atoms with Crippen LogP contribution in [0.4, 0.5) is 13.2 Å². The van der Waals surface area contributed by atoms with Crippen molar-refractivity contribution in [3.8, 4) is 0 Å². The molecule has 0 aliphatic rings. The Morgan fingerprint density at radius 3 is 2.31 bits per heavy atom. The van der Waals surface area contributed by atoms with E-state index < -0.39 is 17.5 Å². The van der Waals surface area contributed by atoms with Crippen LogP contribution in [0.15, 0.2) is 12.1 Å². The molecule has 1 aromatic carbocycles. The van der Waals surface area contributed by atoms with Crippen LogP contribution in [0.5, 0.6) is 0 Å². The lowest BCUT2D eigenvalue weighted by Gasteiger charge is -2.11. The molecule has 0 bridgehead atoms. The van der Waals surface area contributed by atoms with Gasteiger partial charge in [-0.15, -0.1) is 0 Å². The Bertz CT molecular complexity index is 452. The second-order valence-electron chi connectivity index (χ2n) is 3.09. The second kappa shape index (κ2) is 4.52. The fourth-order valence-corrected chi connectivity index (χ4v) is 2.28. The molecule has 0 atom stereocenters. The zero-order chi connectivity index (χ0) is 12.5. The van der Waals surface area contributed by atoms with Gasteiger partial charge in [0, 0.05) is 14.7 Å². The molecule has 0 radical (unpaired) electrons. The van der Waals surface area contributed by atoms with E-state index in [-0.39, 0.29) is 21.0 Å². The van der Waals surface area contributed by atoms with E-state index in [4.69, 9.17) is 0 Å². The van der Waals surface area contributed by atoms with Crippen molar-refractivity contribution in [2.45, 2.75) is 13.1 Å². The first-order chi connectivity index (χ1) is 7.27. The predicted molar refractivity (Wildman–Crippen MR) is 59.6 cm³/mol. The smallest absolute Gasteiger partial charge is 0.298 e. The van der Waals surface area contributed by atoms with Crippen LogP contribution in [0.2, 0.25) is 0 Å². The van der Waals surface area contributed by atoms with E-state index in [9.17, 15) is 22.8 Å². The Morgan fingerprint density at radius 2 is 1.94 bits per heavy atom. The van der Waals surface area contributed by atoms with Crippen molar-refractivity contribution in [3.05, 3.63) is 32.4 Å². The minimum atomic E-state index is -4.52. The third-order valence-corrected chi connectivity index (χ3v) is 2.78. The van der Waals surface area contributed by atoms with Crippen LogP contribution in [0.3, 0.4) is 0 Å². The highest BCUT2D eigenvalue weighted by molar-refractivity contribution is 14.1. The minimum absolute atomic E-state index is 0.0311. The molecule has 0 saturated heterocycles. The number of carbonyl (C=O) groups excluding carboxylic acids is 2. The fraction of sp³-hybridized carbons (Fsp3) is 0.200. The van der Waals surface area contributed by atoms with Gasteiger partial charge in [0.2, 0.25) is 0 Å². The fourth-order valence-electron chi connectivity index (χ4n) is 1.26. The van der Waals surface area contributed by atoms with Crippen LogP contribution in [-0.2, 0) is 6.18 Å². The molecule has 0 aromatic heterocycles. The zero-order valence-corrected chi connectivity index (χ0v) is 10.2. The average molecular weight is 342 g/mol. The Kier molecular flexibility index (Phi) is 3.72. The second-order valence-corrected chi connectivity index (χ2v) is 4.26. The van der Waals surface area contributed by atoms with Crippen molar-refractivity contribution >= 4 is 34.7 Å². The maximum Gasteiger partial charge on any atom is 0.416 e. The van der Waals surface area contributed by atoms with Crippen LogP contribution >= 0.6 is 22.6 Å². The van der Waals surface area contributed by atoms with Gasteiger partial charge >= 0.3 is 6.18 Å². The number of carbonyl (C=O) groups is 2. The highest BCUT2D eigenvalue weighted by atomic mass is 127. The van der Waals surface area contributed by atoms with E-state index in [1.807, 2.05) is 0 Å². The summed E-state index contributed by atoms with van der Waals surface area (Å²) in [4.78, 5) is 21.8. The largest absolute Gasteiger partial charge is 0.416 e. The third-order valence-electron chi connectivity index (χ3n) is 1.93. The Morgan fingerprint density at radius 1 is 1.38 bits per heavy atom. The molecule has 1 aromatic rings. The van der Waals surface area contributed by atoms with Crippen LogP contribution in [0.1, 0.15) is 33.2 Å². The quantitative estimate of drug-likeness (QED) is 0.469. The maximum absolute atomic E-state index is 12.4. The molecular formula is C10H6F3IO2. The number of benzene rings is 1. The van der Waals surface area contributed by atoms with Crippen molar-refractivity contribution < 1.29 is 22.8 Å². The van der Waals surface area contributed by atoms with Crippen molar-refractivity contribution in [1.29, 1.82) is 0 Å². The summed E-state index contributed by atoms with van der Waals surface area (Å²) in [5.41, 5.74) is -1.13. The van der Waals surface area contributed by atoms with Gasteiger partial charge in [-0.05, 0) is 41.6 Å². The van der Waals surface area contributed by atoms with Crippen molar-refractivity contribution in [2.24, 2.45) is 0 Å². The van der Waals surface area contributed by atoms with Crippen LogP contribution in [-0.4, -0.2) is 12.1 Å². The number of hydrogen-bond donors (Lipinski definition) is 0. The minimum Gasteiger partial charge on any atom is -0.298 e. The van der Waals surface area contributed by atoms with E-state index >= 15 is 0 Å². The first kappa shape index (κ1) is 13.1. The van der Waals surface area contributed by atoms with E-state index in [2.05, 4.69) is 0 Å². The molecule has 86 valence electrons. The highest BCUT2D eigenvalue weighted by Crippen LogP contribution is 2.32. The van der Waals surface area contributed by atoms with Gasteiger partial charge in [0.15, 0.2) is 12.1 Å². The van der Waals surface area contributed by atoms with Gasteiger partial charge in [-0.3, -0.25) is 9.59 Å². The van der Waals surface area contributed by atoms with Gasteiger partial charge in [0.05, 0.1) is 5.56 Å². The van der Waals surface area contributed by atoms with Gasteiger partial charge in [-0.2, -0.15) is 13.2 Å². The molecule has 0 spiro atoms. The number of Topliss-reactive ketones (excluding diaryl/α,β-unsaturated/α-hetero) is 1. The molecule has 0 unspecified atom stereocenters. The number of alkyl halides is 3. The molecule has 0 fully saturated rings. The molecule has 6 heteroatoms. The molecule has 0 aliphatic carbocycles. The molecular weight excluding hydrogens is 336 g/mol. The molecule has 2 nitrogen and oxygen atoms in total. The van der Waals surface area contributed by atoms with Gasteiger partial charge < -0.3 is 0 Å². The van der Waals surface area contributed by atoms with E-state index in [1.165, 1.54) is 6.92 Å². The normalized spacial score (nSPS) is 11.3. The van der Waals surface area contributed by atoms with Crippen molar-refractivity contribution in [3.63, 3.8) is 0 Å². The summed E-state index contributed by atoms with van der Waals surface area (Å²) in [5.74, 6) is -0.430. The van der Waals surface area contributed by atoms with Crippen LogP contribution in [0.25, 0.3) is 0 Å². The number of hydrogen-bond acceptors (Lipinski definition) is 2. The summed E-state index contributed by atoms with van der Waals surface area (Å²) in [6, 6.07) is 1.54. The molecule has 1 rings (SSSR count). The third kappa shape index (κ3) is 2.60. The molecule has 0 amide bonds. The van der Waals surface area contributed by atoms with E-state index in [0.717, 1.165) is 6.07 Å². The van der Waals surface area contributed by atoms with Crippen LogP contribution < -0.4 is 0 Å². The van der Waals surface area contributed by atoms with Gasteiger partial charge in [-0.1, -0.05) is 0 Å². The Labute approximate surface area is 103 Å². The lowest BCUT2D eigenvalue weighted by molar-refractivity contribution is -0.137. The average Bonchev–Trinajstić information content (AvgIpc) is 2.14. The summed E-state index contributed by atoms with van der Waals surface area (Å²) in [6.45, 7) is 1.21. The summed E-state index contributed by atoms with van der Waals surface area (Å²) in [6.07, 6.45) is -4.26. The Hall–Kier alpha value is -0.920. The topological polar surface area (TPSA) is 34.1 Å². The molecule has 0 saturated carbocycles. The Balaban J connectivity index is 3.50. The van der Waals surface area contributed by atoms with E-state index in [0.29, 0.717) is 6.07 Å². The van der Waals surface area contributed by atoms with Crippen LogP contribution in [0, 0.1) is 3.57 Å². The van der Waals surface area contributed by atoms with E-state index in [1.54, 1.807) is 22.6 Å². The number of rotatable bonds is 2. The first-order valence-electron chi connectivity index (χ1n) is 4.14. The summed E-state index contributed by atoms with van der Waals surface area (Å²) in [5, 5.41) is 0. The number of ketones is 1. The summed E-state index contributed by atoms with van der Waals surface area (Å²) >= 11 is 1.61. The first-order valence-corrected chi connectivity index (χ1v) is 5.22. The van der Waals surface area contributed by atoms with Crippen molar-refractivity contribution in [1.82, 2.24) is 0 Å². The molecule has 0 N–H and O–H groups in total. The monoisotopic (exact) mass is 342 g/mol. The van der Waals surface area contributed by atoms with Crippen molar-refractivity contribution in [2.75, 3.05) is 0 Å². The number of halogens is 4. The molecule has 0 aliphatic heterocycles. The summed E-state index contributed by atoms with van der Waals surface area (Å²) in [7, 11) is 0. The maximum atomic E-state index is 12.4. The van der Waals surface area contributed by atoms with Gasteiger partial charge in [-0.25, -0.2) is 0 Å². The standard InChI is InChI=1S/C10H6F3IO2/c1-5(16)9-6(4-15)2-7(3-8(9)14)10(11,12)13/h2-4H,1H3. The predicted octanol–water partition coefficient (Wildman–Crippen LogP) is 3.33. The van der Waals surface area contributed by atoms with Gasteiger partial charge in [0.25, 0.3) is 0 Å². The lowest BCUT2D eigenvalue weighted by Crippen LogP contribution is -2.10. The molecule has 0 heterocycles. The lowest BCUT2D eigenvalue weighted by atomic mass is 10.0. The zero-order valence-electron chi connectivity index (χ0n) is 8.06. The SMILES string of the molecule is CC(=O)c1c(I)cc(C(F)(F)F)cc1C=O. The molecule has 16 heavy (non-hydrogen) atoms. The van der Waals surface area contributed by atoms with Gasteiger partial charge in [0.1, 0.15) is 0 Å².